The lowest BCUT2D eigenvalue weighted by Gasteiger charge is -2.10. The number of hydrogen-bond donors (Lipinski definition) is 4. The maximum absolute atomic E-state index is 12.2. The van der Waals surface area contributed by atoms with E-state index in [9.17, 15) is 4.79 Å². The maximum atomic E-state index is 12.2. The number of carbonyl (C=O) groups excluding carboxylic acids is 1. The Balaban J connectivity index is 1.63. The van der Waals surface area contributed by atoms with Gasteiger partial charge >= 0.3 is 0 Å². The Bertz CT molecular complexity index is 894. The predicted molar refractivity (Wildman–Crippen MR) is 99.3 cm³/mol. The molecule has 0 unspecified atom stereocenters. The lowest BCUT2D eigenvalue weighted by molar-refractivity contribution is 0.0937. The SMILES string of the molecule is C=C(NNC(=O)c1cc(-c2ccc(C)cc2)n[nH]1)c1ccc(N)cc1. The van der Waals surface area contributed by atoms with E-state index in [1.807, 2.05) is 43.3 Å². The quantitative estimate of drug-likeness (QED) is 0.426. The van der Waals surface area contributed by atoms with Crippen LogP contribution in [0.15, 0.2) is 61.2 Å². The number of H-pyrrole nitrogens is 1. The van der Waals surface area contributed by atoms with E-state index in [2.05, 4.69) is 27.6 Å². The number of aromatic amines is 1. The first kappa shape index (κ1) is 16.3. The third-order valence-electron chi connectivity index (χ3n) is 3.76. The van der Waals surface area contributed by atoms with Crippen LogP contribution in [-0.4, -0.2) is 16.1 Å². The topological polar surface area (TPSA) is 95.8 Å². The molecule has 25 heavy (non-hydrogen) atoms. The number of nitrogens with two attached hydrogens (primary N) is 1. The number of aryl methyl sites for hydroxylation is 1. The van der Waals surface area contributed by atoms with Gasteiger partial charge in [0.25, 0.3) is 5.91 Å². The number of benzene rings is 2. The summed E-state index contributed by atoms with van der Waals surface area (Å²) in [4.78, 5) is 12.2. The monoisotopic (exact) mass is 333 g/mol. The summed E-state index contributed by atoms with van der Waals surface area (Å²) in [6.07, 6.45) is 0. The third-order valence-corrected chi connectivity index (χ3v) is 3.76. The molecule has 0 fully saturated rings. The molecule has 0 saturated carbocycles. The molecule has 0 aliphatic heterocycles. The average Bonchev–Trinajstić information content (AvgIpc) is 3.11. The summed E-state index contributed by atoms with van der Waals surface area (Å²) >= 11 is 0. The Kier molecular flexibility index (Phi) is 4.52. The highest BCUT2D eigenvalue weighted by molar-refractivity contribution is 5.93. The van der Waals surface area contributed by atoms with Crippen LogP contribution in [0.4, 0.5) is 5.69 Å². The summed E-state index contributed by atoms with van der Waals surface area (Å²) in [6.45, 7) is 5.91. The normalized spacial score (nSPS) is 10.3. The second-order valence-electron chi connectivity index (χ2n) is 5.71. The van der Waals surface area contributed by atoms with Crippen LogP contribution in [0.25, 0.3) is 17.0 Å². The van der Waals surface area contributed by atoms with E-state index < -0.39 is 0 Å². The van der Waals surface area contributed by atoms with Crippen molar-refractivity contribution in [2.24, 2.45) is 0 Å². The molecule has 6 heteroatoms. The zero-order valence-electron chi connectivity index (χ0n) is 13.8. The molecule has 0 radical (unpaired) electrons. The van der Waals surface area contributed by atoms with Crippen molar-refractivity contribution in [3.05, 3.63) is 78.0 Å². The highest BCUT2D eigenvalue weighted by Crippen LogP contribution is 2.18. The van der Waals surface area contributed by atoms with Gasteiger partial charge < -0.3 is 5.73 Å². The Morgan fingerprint density at radius 2 is 1.76 bits per heavy atom. The van der Waals surface area contributed by atoms with Gasteiger partial charge in [0.2, 0.25) is 0 Å². The number of nitrogen functional groups attached to an aromatic ring is 1. The van der Waals surface area contributed by atoms with E-state index in [0.29, 0.717) is 22.8 Å². The number of hydrazine groups is 1. The van der Waals surface area contributed by atoms with Gasteiger partial charge in [0, 0.05) is 11.3 Å². The van der Waals surface area contributed by atoms with E-state index in [1.54, 1.807) is 18.2 Å². The smallest absolute Gasteiger partial charge is 0.287 e. The molecule has 1 amide bonds. The van der Waals surface area contributed by atoms with Gasteiger partial charge in [-0.05, 0) is 30.7 Å². The zero-order chi connectivity index (χ0) is 17.8. The van der Waals surface area contributed by atoms with Gasteiger partial charge in [-0.25, -0.2) is 0 Å². The Morgan fingerprint density at radius 1 is 1.08 bits per heavy atom. The predicted octanol–water partition coefficient (Wildman–Crippen LogP) is 2.87. The lowest BCUT2D eigenvalue weighted by atomic mass is 10.1. The van der Waals surface area contributed by atoms with Crippen molar-refractivity contribution in [1.29, 1.82) is 0 Å². The van der Waals surface area contributed by atoms with E-state index in [0.717, 1.165) is 11.1 Å². The molecule has 0 aliphatic rings. The van der Waals surface area contributed by atoms with E-state index in [-0.39, 0.29) is 5.91 Å². The van der Waals surface area contributed by atoms with Gasteiger partial charge in [-0.3, -0.25) is 20.7 Å². The molecular formula is C19H19N5O. The van der Waals surface area contributed by atoms with Gasteiger partial charge in [-0.2, -0.15) is 5.10 Å². The van der Waals surface area contributed by atoms with Crippen molar-refractivity contribution in [3.63, 3.8) is 0 Å². The number of hydrogen-bond acceptors (Lipinski definition) is 4. The van der Waals surface area contributed by atoms with Crippen LogP contribution in [0.1, 0.15) is 21.6 Å². The molecule has 6 nitrogen and oxygen atoms in total. The number of carbonyl (C=O) groups is 1. The number of amides is 1. The minimum atomic E-state index is -0.331. The van der Waals surface area contributed by atoms with Crippen LogP contribution in [0.5, 0.6) is 0 Å². The molecule has 3 aromatic rings. The molecule has 2 aromatic carbocycles. The number of nitrogens with one attached hydrogen (secondary N) is 3. The molecule has 0 bridgehead atoms. The van der Waals surface area contributed by atoms with E-state index in [4.69, 9.17) is 5.73 Å². The summed E-state index contributed by atoms with van der Waals surface area (Å²) in [6, 6.07) is 16.8. The summed E-state index contributed by atoms with van der Waals surface area (Å²) in [5, 5.41) is 6.92. The molecule has 0 saturated heterocycles. The first-order chi connectivity index (χ1) is 12.0. The minimum Gasteiger partial charge on any atom is -0.399 e. The number of rotatable bonds is 5. The van der Waals surface area contributed by atoms with Gasteiger partial charge in [-0.15, -0.1) is 0 Å². The van der Waals surface area contributed by atoms with Crippen LogP contribution in [-0.2, 0) is 0 Å². The maximum Gasteiger partial charge on any atom is 0.287 e. The lowest BCUT2D eigenvalue weighted by Crippen LogP contribution is -2.36. The number of anilines is 1. The van der Waals surface area contributed by atoms with Crippen molar-refractivity contribution in [1.82, 2.24) is 21.0 Å². The highest BCUT2D eigenvalue weighted by Gasteiger charge is 2.11. The van der Waals surface area contributed by atoms with Gasteiger partial charge in [0.05, 0.1) is 11.4 Å². The second kappa shape index (κ2) is 6.92. The van der Waals surface area contributed by atoms with Crippen LogP contribution >= 0.6 is 0 Å². The van der Waals surface area contributed by atoms with E-state index in [1.165, 1.54) is 5.56 Å². The van der Waals surface area contributed by atoms with Gasteiger partial charge in [0.1, 0.15) is 5.69 Å². The number of aromatic nitrogens is 2. The number of nitrogens with zero attached hydrogens (tertiary/aromatic N) is 1. The van der Waals surface area contributed by atoms with Crippen molar-refractivity contribution < 1.29 is 4.79 Å². The van der Waals surface area contributed by atoms with Gasteiger partial charge in [-0.1, -0.05) is 48.5 Å². The summed E-state index contributed by atoms with van der Waals surface area (Å²) in [5.41, 5.74) is 16.3. The molecule has 5 N–H and O–H groups in total. The molecular weight excluding hydrogens is 314 g/mol. The van der Waals surface area contributed by atoms with Crippen LogP contribution < -0.4 is 16.6 Å². The Labute approximate surface area is 145 Å². The van der Waals surface area contributed by atoms with Crippen LogP contribution in [0, 0.1) is 6.92 Å². The fraction of sp³-hybridized carbons (Fsp3) is 0.0526. The third kappa shape index (κ3) is 3.87. The van der Waals surface area contributed by atoms with Crippen molar-refractivity contribution in [2.75, 3.05) is 5.73 Å². The molecule has 1 heterocycles. The Morgan fingerprint density at radius 3 is 2.44 bits per heavy atom. The standard InChI is InChI=1S/C19H19N5O/c1-12-3-5-15(6-4-12)17-11-18(23-22-17)19(25)24-21-13(2)14-7-9-16(20)10-8-14/h3-11,21H,2,20H2,1H3,(H,22,23)(H,24,25). The molecule has 0 aliphatic carbocycles. The summed E-state index contributed by atoms with van der Waals surface area (Å²) in [7, 11) is 0. The van der Waals surface area contributed by atoms with E-state index >= 15 is 0 Å². The van der Waals surface area contributed by atoms with Crippen molar-refractivity contribution in [3.8, 4) is 11.3 Å². The fourth-order valence-electron chi connectivity index (χ4n) is 2.27. The zero-order valence-corrected chi connectivity index (χ0v) is 13.8. The van der Waals surface area contributed by atoms with Crippen molar-refractivity contribution >= 4 is 17.3 Å². The highest BCUT2D eigenvalue weighted by atomic mass is 16.2. The fourth-order valence-corrected chi connectivity index (χ4v) is 2.27. The van der Waals surface area contributed by atoms with Gasteiger partial charge in [0.15, 0.2) is 0 Å². The Hall–Kier alpha value is -3.54. The molecule has 126 valence electrons. The minimum absolute atomic E-state index is 0.331. The van der Waals surface area contributed by atoms with Crippen molar-refractivity contribution in [2.45, 2.75) is 6.92 Å². The van der Waals surface area contributed by atoms with Crippen LogP contribution in [0.2, 0.25) is 0 Å². The average molecular weight is 333 g/mol. The first-order valence-electron chi connectivity index (χ1n) is 7.76. The largest absolute Gasteiger partial charge is 0.399 e. The summed E-state index contributed by atoms with van der Waals surface area (Å²) in [5.74, 6) is -0.331. The molecule has 0 atom stereocenters. The second-order valence-corrected chi connectivity index (χ2v) is 5.71. The molecule has 0 spiro atoms. The molecule has 3 rings (SSSR count). The molecule has 1 aromatic heterocycles. The first-order valence-corrected chi connectivity index (χ1v) is 7.76. The van der Waals surface area contributed by atoms with Crippen LogP contribution in [0.3, 0.4) is 0 Å². The summed E-state index contributed by atoms with van der Waals surface area (Å²) < 4.78 is 0.